The molecule has 0 heterocycles. The summed E-state index contributed by atoms with van der Waals surface area (Å²) < 4.78 is 0. The molecule has 0 bridgehead atoms. The number of hydrogen-bond donors (Lipinski definition) is 3. The Labute approximate surface area is 87.7 Å². The van der Waals surface area contributed by atoms with Crippen LogP contribution in [-0.4, -0.2) is 29.6 Å². The minimum absolute atomic E-state index is 0.448. The Morgan fingerprint density at radius 2 is 1.69 bits per heavy atom. The zero-order valence-corrected chi connectivity index (χ0v) is 9.00. The average Bonchev–Trinajstić information content (AvgIpc) is 2.10. The Kier molecular flexibility index (Phi) is 6.93. The highest BCUT2D eigenvalue weighted by atomic mass is 32.1. The molecule has 0 rings (SSSR count). The molecule has 0 aromatic rings. The summed E-state index contributed by atoms with van der Waals surface area (Å²) in [5, 5.41) is 10.6. The van der Waals surface area contributed by atoms with Gasteiger partial charge in [0.05, 0.1) is 17.4 Å². The topological polar surface area (TPSA) is 60.8 Å². The van der Waals surface area contributed by atoms with E-state index in [4.69, 9.17) is 24.4 Å². The average molecular weight is 217 g/mol. The molecule has 0 aliphatic rings. The lowest BCUT2D eigenvalue weighted by Gasteiger charge is -1.97. The highest BCUT2D eigenvalue weighted by molar-refractivity contribution is 7.80. The van der Waals surface area contributed by atoms with E-state index in [-0.39, 0.29) is 0 Å². The van der Waals surface area contributed by atoms with Gasteiger partial charge in [-0.05, 0) is 19.1 Å². The maximum Gasteiger partial charge on any atom is 0.186 e. The second kappa shape index (κ2) is 7.56. The number of nitrogens with one attached hydrogen (secondary N) is 3. The maximum absolute atomic E-state index is 4.76. The Hall–Kier alpha value is -1.08. The van der Waals surface area contributed by atoms with Gasteiger partial charge in [0.25, 0.3) is 0 Å². The number of hydrazone groups is 2. The number of hydrogen-bond acceptors (Lipinski definition) is 4. The predicted molar refractivity (Wildman–Crippen MR) is 63.2 cm³/mol. The molecule has 0 aromatic carbocycles. The molecule has 72 valence electrons. The van der Waals surface area contributed by atoms with Crippen LogP contribution in [0.25, 0.3) is 0 Å². The largest absolute Gasteiger partial charge is 0.364 e. The fourth-order valence-electron chi connectivity index (χ4n) is 0.347. The van der Waals surface area contributed by atoms with Crippen molar-refractivity contribution in [2.24, 2.45) is 10.2 Å². The van der Waals surface area contributed by atoms with E-state index in [1.165, 1.54) is 12.4 Å². The lowest BCUT2D eigenvalue weighted by molar-refractivity contribution is 0.983. The van der Waals surface area contributed by atoms with E-state index in [1.54, 1.807) is 14.0 Å². The van der Waals surface area contributed by atoms with Crippen LogP contribution in [0.4, 0.5) is 0 Å². The minimum atomic E-state index is 0.448. The number of rotatable bonds is 3. The molecule has 0 spiro atoms. The van der Waals surface area contributed by atoms with Crippen LogP contribution in [-0.2, 0) is 0 Å². The molecule has 7 heteroatoms. The van der Waals surface area contributed by atoms with Crippen LogP contribution < -0.4 is 16.2 Å². The molecule has 0 radical (unpaired) electrons. The molecule has 0 aliphatic carbocycles. The summed E-state index contributed by atoms with van der Waals surface area (Å²) in [6.45, 7) is 1.73. The smallest absolute Gasteiger partial charge is 0.186 e. The highest BCUT2D eigenvalue weighted by Crippen LogP contribution is 1.65. The maximum atomic E-state index is 4.76. The van der Waals surface area contributed by atoms with Gasteiger partial charge in [-0.25, -0.2) is 0 Å². The van der Waals surface area contributed by atoms with E-state index in [1.807, 2.05) is 0 Å². The van der Waals surface area contributed by atoms with Gasteiger partial charge >= 0.3 is 0 Å². The molecular weight excluding hydrogens is 206 g/mol. The fourth-order valence-corrected chi connectivity index (χ4v) is 0.452. The van der Waals surface area contributed by atoms with E-state index in [9.17, 15) is 0 Å². The summed E-state index contributed by atoms with van der Waals surface area (Å²) in [5.41, 5.74) is 5.14. The standard InChI is InChI=1S/C6H11N5S2/c1-5(12)10-8-3-4-9-11-6(13)7-2/h3-4H,1-2H3,(H,10,12)(H2,7,11,13)/b8-3+,9-4+. The minimum Gasteiger partial charge on any atom is -0.364 e. The molecule has 5 nitrogen and oxygen atoms in total. The van der Waals surface area contributed by atoms with Crippen LogP contribution in [0.15, 0.2) is 10.2 Å². The Bertz CT molecular complexity index is 235. The summed E-state index contributed by atoms with van der Waals surface area (Å²) in [6, 6.07) is 0. The fraction of sp³-hybridized carbons (Fsp3) is 0.333. The van der Waals surface area contributed by atoms with Gasteiger partial charge in [-0.3, -0.25) is 10.9 Å². The molecule has 0 aliphatic heterocycles. The summed E-state index contributed by atoms with van der Waals surface area (Å²) in [6.07, 6.45) is 2.91. The number of nitrogens with zero attached hydrogens (tertiary/aromatic N) is 2. The van der Waals surface area contributed by atoms with Gasteiger partial charge in [0.1, 0.15) is 0 Å². The van der Waals surface area contributed by atoms with Gasteiger partial charge < -0.3 is 5.32 Å². The van der Waals surface area contributed by atoms with Crippen molar-refractivity contribution in [3.8, 4) is 0 Å². The molecular formula is C6H11N5S2. The molecule has 3 N–H and O–H groups in total. The zero-order chi connectivity index (χ0) is 10.1. The summed E-state index contributed by atoms with van der Waals surface area (Å²) in [4.78, 5) is 0.600. The molecule has 0 saturated carbocycles. The van der Waals surface area contributed by atoms with E-state index < -0.39 is 0 Å². The third kappa shape index (κ3) is 8.83. The molecule has 0 amide bonds. The summed E-state index contributed by atoms with van der Waals surface area (Å²) >= 11 is 9.48. The molecule has 0 saturated heterocycles. The van der Waals surface area contributed by atoms with Crippen molar-refractivity contribution in [1.82, 2.24) is 16.2 Å². The lowest BCUT2D eigenvalue weighted by atomic mass is 10.8. The van der Waals surface area contributed by atoms with Crippen molar-refractivity contribution < 1.29 is 0 Å². The van der Waals surface area contributed by atoms with Gasteiger partial charge in [0.2, 0.25) is 0 Å². The van der Waals surface area contributed by atoms with Crippen molar-refractivity contribution >= 4 is 47.0 Å². The van der Waals surface area contributed by atoms with Crippen LogP contribution >= 0.6 is 24.4 Å². The van der Waals surface area contributed by atoms with Gasteiger partial charge in [-0.2, -0.15) is 10.2 Å². The quantitative estimate of drug-likeness (QED) is 0.352. The van der Waals surface area contributed by atoms with Crippen molar-refractivity contribution in [2.75, 3.05) is 7.05 Å². The van der Waals surface area contributed by atoms with Crippen molar-refractivity contribution in [3.63, 3.8) is 0 Å². The van der Waals surface area contributed by atoms with Crippen LogP contribution in [0.5, 0.6) is 0 Å². The summed E-state index contributed by atoms with van der Waals surface area (Å²) in [7, 11) is 1.70. The monoisotopic (exact) mass is 217 g/mol. The third-order valence-electron chi connectivity index (χ3n) is 0.831. The van der Waals surface area contributed by atoms with Crippen LogP contribution in [0.3, 0.4) is 0 Å². The van der Waals surface area contributed by atoms with Gasteiger partial charge in [0, 0.05) is 7.05 Å². The van der Waals surface area contributed by atoms with Crippen molar-refractivity contribution in [2.45, 2.75) is 6.92 Å². The normalized spacial score (nSPS) is 10.3. The lowest BCUT2D eigenvalue weighted by Crippen LogP contribution is -2.28. The molecule has 0 fully saturated rings. The first-order chi connectivity index (χ1) is 6.16. The Morgan fingerprint density at radius 3 is 2.15 bits per heavy atom. The first kappa shape index (κ1) is 11.9. The SMILES string of the molecule is CNC(=S)N/N=C/C=N/NC(C)=S. The Balaban J connectivity index is 3.57. The van der Waals surface area contributed by atoms with Crippen LogP contribution in [0.2, 0.25) is 0 Å². The third-order valence-corrected chi connectivity index (χ3v) is 1.22. The first-order valence-corrected chi connectivity index (χ1v) is 4.27. The highest BCUT2D eigenvalue weighted by Gasteiger charge is 1.81. The molecule has 0 atom stereocenters. The predicted octanol–water partition coefficient (Wildman–Crippen LogP) is -0.0112. The van der Waals surface area contributed by atoms with Gasteiger partial charge in [0.15, 0.2) is 5.11 Å². The van der Waals surface area contributed by atoms with Crippen LogP contribution in [0.1, 0.15) is 6.92 Å². The molecule has 0 unspecified atom stereocenters. The van der Waals surface area contributed by atoms with Crippen LogP contribution in [0, 0.1) is 0 Å². The van der Waals surface area contributed by atoms with Gasteiger partial charge in [-0.15, -0.1) is 0 Å². The van der Waals surface area contributed by atoms with Crippen molar-refractivity contribution in [1.29, 1.82) is 0 Å². The molecule has 13 heavy (non-hydrogen) atoms. The zero-order valence-electron chi connectivity index (χ0n) is 7.37. The van der Waals surface area contributed by atoms with Crippen molar-refractivity contribution in [3.05, 3.63) is 0 Å². The van der Waals surface area contributed by atoms with E-state index in [0.29, 0.717) is 10.1 Å². The molecule has 0 aromatic heterocycles. The number of thiocarbonyl (C=S) groups is 2. The Morgan fingerprint density at radius 1 is 1.15 bits per heavy atom. The summed E-state index contributed by atoms with van der Waals surface area (Å²) in [5.74, 6) is 0. The van der Waals surface area contributed by atoms with E-state index >= 15 is 0 Å². The second-order valence-electron chi connectivity index (χ2n) is 1.92. The van der Waals surface area contributed by atoms with Gasteiger partial charge in [-0.1, -0.05) is 12.2 Å². The van der Waals surface area contributed by atoms with E-state index in [2.05, 4.69) is 26.4 Å². The first-order valence-electron chi connectivity index (χ1n) is 3.46. The second-order valence-corrected chi connectivity index (χ2v) is 2.94. The van der Waals surface area contributed by atoms with E-state index in [0.717, 1.165) is 0 Å².